The summed E-state index contributed by atoms with van der Waals surface area (Å²) in [6.07, 6.45) is 8.80. The molecule has 6 nitrogen and oxygen atoms in total. The van der Waals surface area contributed by atoms with Gasteiger partial charge in [0.15, 0.2) is 0 Å². The molecule has 0 bridgehead atoms. The third kappa shape index (κ3) is 6.27. The average Bonchev–Trinajstić information content (AvgIpc) is 2.96. The largest absolute Gasteiger partial charge is 0.481 e. The number of carboxylic acids is 1. The molecule has 0 aromatic heterocycles. The normalized spacial score (nSPS) is 19.7. The number of carboxylic acid groups (broad SMARTS) is 1. The van der Waals surface area contributed by atoms with E-state index in [4.69, 9.17) is 5.11 Å². The van der Waals surface area contributed by atoms with E-state index in [0.717, 1.165) is 31.7 Å². The van der Waals surface area contributed by atoms with Crippen LogP contribution in [0, 0.1) is 27.8 Å². The van der Waals surface area contributed by atoms with Crippen LogP contribution < -0.4 is 0 Å². The van der Waals surface area contributed by atoms with Crippen LogP contribution in [0.25, 0.3) is 6.08 Å². The number of halogens is 1. The number of nitro benzene ring substituents is 1. The molecule has 0 heterocycles. The van der Waals surface area contributed by atoms with Gasteiger partial charge < -0.3 is 5.11 Å². The fraction of sp³-hybridized carbons (Fsp3) is 0.500. The van der Waals surface area contributed by atoms with Crippen molar-refractivity contribution >= 4 is 23.5 Å². The van der Waals surface area contributed by atoms with Gasteiger partial charge in [0, 0.05) is 18.8 Å². The standard InChI is InChI=1S/C20H24FNO5/c21-16-11-9-15(18(13-16)22(26)27)8-7-14-10-12-19(23)17(14)5-3-1-2-4-6-20(24)25/h7-9,11,13-14,17H,1-6,10,12H2,(H,24,25)/t14-,17+/m1/s1. The number of hydrogen-bond acceptors (Lipinski definition) is 4. The molecule has 27 heavy (non-hydrogen) atoms. The maximum atomic E-state index is 13.2. The summed E-state index contributed by atoms with van der Waals surface area (Å²) in [5, 5.41) is 19.7. The summed E-state index contributed by atoms with van der Waals surface area (Å²) in [6.45, 7) is 0. The van der Waals surface area contributed by atoms with Crippen LogP contribution in [0.2, 0.25) is 0 Å². The molecule has 0 unspecified atom stereocenters. The smallest absolute Gasteiger partial charge is 0.303 e. The van der Waals surface area contributed by atoms with Gasteiger partial charge in [-0.25, -0.2) is 4.39 Å². The summed E-state index contributed by atoms with van der Waals surface area (Å²) < 4.78 is 13.2. The number of Topliss-reactive ketones (excluding diaryl/α,β-unsaturated/α-hetero) is 1. The second-order valence-corrected chi connectivity index (χ2v) is 6.94. The van der Waals surface area contributed by atoms with Crippen molar-refractivity contribution in [3.05, 3.63) is 45.8 Å². The van der Waals surface area contributed by atoms with Crippen LogP contribution in [0.4, 0.5) is 10.1 Å². The van der Waals surface area contributed by atoms with Crippen molar-refractivity contribution in [2.45, 2.75) is 51.4 Å². The van der Waals surface area contributed by atoms with Gasteiger partial charge in [-0.05, 0) is 37.3 Å². The Hall–Kier alpha value is -2.57. The lowest BCUT2D eigenvalue weighted by Crippen LogP contribution is -2.13. The molecular formula is C20H24FNO5. The quantitative estimate of drug-likeness (QED) is 0.360. The monoisotopic (exact) mass is 377 g/mol. The van der Waals surface area contributed by atoms with E-state index in [1.54, 1.807) is 6.08 Å². The average molecular weight is 377 g/mol. The number of unbranched alkanes of at least 4 members (excludes halogenated alkanes) is 3. The number of carbonyl (C=O) groups is 2. The SMILES string of the molecule is O=C(O)CCCCCC[C@@H]1C(=O)CC[C@H]1C=Cc1ccc(F)cc1[N+](=O)[O-]. The predicted octanol–water partition coefficient (Wildman–Crippen LogP) is 4.77. The summed E-state index contributed by atoms with van der Waals surface area (Å²) in [5.74, 6) is -1.30. The fourth-order valence-corrected chi connectivity index (χ4v) is 3.58. The van der Waals surface area contributed by atoms with Crippen molar-refractivity contribution in [2.75, 3.05) is 0 Å². The molecule has 1 aromatic carbocycles. The van der Waals surface area contributed by atoms with E-state index in [1.807, 2.05) is 6.08 Å². The van der Waals surface area contributed by atoms with Gasteiger partial charge in [0.2, 0.25) is 0 Å². The van der Waals surface area contributed by atoms with E-state index < -0.39 is 16.7 Å². The van der Waals surface area contributed by atoms with E-state index in [1.165, 1.54) is 12.1 Å². The molecule has 1 aromatic rings. The first-order valence-corrected chi connectivity index (χ1v) is 9.25. The van der Waals surface area contributed by atoms with E-state index in [-0.39, 0.29) is 29.7 Å². The Labute approximate surface area is 157 Å². The molecule has 7 heteroatoms. The lowest BCUT2D eigenvalue weighted by molar-refractivity contribution is -0.385. The maximum Gasteiger partial charge on any atom is 0.303 e. The Morgan fingerprint density at radius 1 is 1.30 bits per heavy atom. The van der Waals surface area contributed by atoms with Crippen LogP contribution >= 0.6 is 0 Å². The van der Waals surface area contributed by atoms with Crippen LogP contribution in [-0.4, -0.2) is 21.8 Å². The summed E-state index contributed by atoms with van der Waals surface area (Å²) in [5.41, 5.74) is 0.0405. The van der Waals surface area contributed by atoms with Crippen molar-refractivity contribution in [1.82, 2.24) is 0 Å². The first-order chi connectivity index (χ1) is 12.9. The van der Waals surface area contributed by atoms with Gasteiger partial charge in [-0.2, -0.15) is 0 Å². The number of ketones is 1. The number of allylic oxidation sites excluding steroid dienone is 1. The Kier molecular flexibility index (Phi) is 7.64. The summed E-state index contributed by atoms with van der Waals surface area (Å²) in [4.78, 5) is 33.1. The third-order valence-electron chi connectivity index (χ3n) is 5.02. The zero-order valence-electron chi connectivity index (χ0n) is 15.1. The maximum absolute atomic E-state index is 13.2. The minimum Gasteiger partial charge on any atom is -0.481 e. The molecule has 146 valence electrons. The third-order valence-corrected chi connectivity index (χ3v) is 5.02. The van der Waals surface area contributed by atoms with E-state index in [9.17, 15) is 24.1 Å². The zero-order chi connectivity index (χ0) is 19.8. The number of nitrogens with zero attached hydrogens (tertiary/aromatic N) is 1. The first kappa shape index (κ1) is 20.7. The van der Waals surface area contributed by atoms with Crippen molar-refractivity contribution in [1.29, 1.82) is 0 Å². The van der Waals surface area contributed by atoms with Crippen LogP contribution in [-0.2, 0) is 9.59 Å². The van der Waals surface area contributed by atoms with Gasteiger partial charge in [0.25, 0.3) is 5.69 Å². The first-order valence-electron chi connectivity index (χ1n) is 9.25. The number of benzene rings is 1. The van der Waals surface area contributed by atoms with Crippen LogP contribution in [0.3, 0.4) is 0 Å². The molecule has 2 rings (SSSR count). The molecule has 0 saturated heterocycles. The summed E-state index contributed by atoms with van der Waals surface area (Å²) >= 11 is 0. The van der Waals surface area contributed by atoms with Gasteiger partial charge in [0.1, 0.15) is 11.6 Å². The van der Waals surface area contributed by atoms with Crippen molar-refractivity contribution in [3.63, 3.8) is 0 Å². The lowest BCUT2D eigenvalue weighted by Gasteiger charge is -2.14. The van der Waals surface area contributed by atoms with Crippen molar-refractivity contribution in [2.24, 2.45) is 11.8 Å². The Bertz CT molecular complexity index is 731. The zero-order valence-corrected chi connectivity index (χ0v) is 15.1. The molecular weight excluding hydrogens is 353 g/mol. The number of hydrogen-bond donors (Lipinski definition) is 1. The van der Waals surface area contributed by atoms with Crippen molar-refractivity contribution in [3.8, 4) is 0 Å². The Morgan fingerprint density at radius 2 is 2.04 bits per heavy atom. The molecule has 0 amide bonds. The van der Waals surface area contributed by atoms with Crippen LogP contribution in [0.15, 0.2) is 24.3 Å². The molecule has 1 aliphatic carbocycles. The molecule has 1 N–H and O–H groups in total. The number of rotatable bonds is 10. The van der Waals surface area contributed by atoms with E-state index >= 15 is 0 Å². The number of aliphatic carboxylic acids is 1. The lowest BCUT2D eigenvalue weighted by atomic mass is 9.89. The predicted molar refractivity (Wildman–Crippen MR) is 98.6 cm³/mol. The Balaban J connectivity index is 1.93. The van der Waals surface area contributed by atoms with Gasteiger partial charge in [-0.3, -0.25) is 19.7 Å². The number of carbonyl (C=O) groups excluding carboxylic acids is 1. The second-order valence-electron chi connectivity index (χ2n) is 6.94. The minimum atomic E-state index is -0.791. The van der Waals surface area contributed by atoms with Gasteiger partial charge in [-0.15, -0.1) is 0 Å². The highest BCUT2D eigenvalue weighted by molar-refractivity contribution is 5.84. The molecule has 2 atom stereocenters. The molecule has 1 aliphatic rings. The topological polar surface area (TPSA) is 97.5 Å². The molecule has 0 radical (unpaired) electrons. The highest BCUT2D eigenvalue weighted by atomic mass is 19.1. The summed E-state index contributed by atoms with van der Waals surface area (Å²) in [6, 6.07) is 3.45. The van der Waals surface area contributed by atoms with Gasteiger partial charge in [0.05, 0.1) is 16.6 Å². The van der Waals surface area contributed by atoms with E-state index in [2.05, 4.69) is 0 Å². The van der Waals surface area contributed by atoms with Gasteiger partial charge >= 0.3 is 5.97 Å². The molecule has 0 spiro atoms. The molecule has 1 fully saturated rings. The minimum absolute atomic E-state index is 0.0289. The Morgan fingerprint density at radius 3 is 2.74 bits per heavy atom. The highest BCUT2D eigenvalue weighted by Gasteiger charge is 2.32. The highest BCUT2D eigenvalue weighted by Crippen LogP contribution is 2.35. The van der Waals surface area contributed by atoms with Crippen LogP contribution in [0.5, 0.6) is 0 Å². The fourth-order valence-electron chi connectivity index (χ4n) is 3.58. The second kappa shape index (κ2) is 9.94. The summed E-state index contributed by atoms with van der Waals surface area (Å²) in [7, 11) is 0. The molecule has 0 aliphatic heterocycles. The number of nitro groups is 1. The van der Waals surface area contributed by atoms with Crippen LogP contribution in [0.1, 0.15) is 56.9 Å². The molecule has 1 saturated carbocycles. The van der Waals surface area contributed by atoms with Crippen molar-refractivity contribution < 1.29 is 24.0 Å². The van der Waals surface area contributed by atoms with E-state index in [0.29, 0.717) is 24.8 Å². The van der Waals surface area contributed by atoms with Gasteiger partial charge in [-0.1, -0.05) is 31.4 Å².